The molecule has 6 nitrogen and oxygen atoms in total. The van der Waals surface area contributed by atoms with E-state index in [0.717, 1.165) is 5.92 Å². The van der Waals surface area contributed by atoms with E-state index < -0.39 is 144 Å². The average Bonchev–Trinajstić information content (AvgIpc) is 1.43. The van der Waals surface area contributed by atoms with E-state index in [1.165, 1.54) is 25.6 Å². The smallest absolute Gasteiger partial charge is 0.413 e. The topological polar surface area (TPSA) is 93.1 Å². The number of fused-ring (bicyclic) bond motifs is 2. The number of Topliss-reactive ketones (excluding diaryl/α,β-unsaturated/α-hetero) is 2. The molecule has 428 valence electrons. The summed E-state index contributed by atoms with van der Waals surface area (Å²) in [7, 11) is -6.25. The molecule has 0 radical (unpaired) electrons. The molecule has 0 aromatic rings. The molecular weight excluding hydrogens is 1030 g/mol. The lowest BCUT2D eigenvalue weighted by atomic mass is 9.56. The summed E-state index contributed by atoms with van der Waals surface area (Å²) in [5.41, 5.74) is -19.2. The third-order valence-electron chi connectivity index (χ3n) is 16.0. The molecule has 4 rings (SSSR count). The molecule has 0 aromatic heterocycles. The van der Waals surface area contributed by atoms with Crippen molar-refractivity contribution in [3.63, 3.8) is 0 Å². The summed E-state index contributed by atoms with van der Waals surface area (Å²) in [6.07, 6.45) is -21.8. The minimum atomic E-state index is -6.13. The van der Waals surface area contributed by atoms with Gasteiger partial charge in [-0.3, -0.25) is 9.59 Å². The predicted octanol–water partition coefficient (Wildman–Crippen LogP) is 15.7. The second-order valence-electron chi connectivity index (χ2n) is 24.5. The summed E-state index contributed by atoms with van der Waals surface area (Å²) in [6, 6.07) is 0. The number of carbonyl (C=O) groups is 2. The standard InChI is InChI=1S/C30H50F6O3Si2.C24H34F6O3/c1-25(2,38-40(5,6)7)17-12-18-26(3,24-16-15-22-23(37)14-11-20-27(22,24)4)19-13-21-28(29(31,32)33,30(34,35)36)39-41(8,9)10;1-19(2,32)11-6-12-20(3,13-7-15-22(33,23(25,26)27)24(28,29)30)18-10-9-16-17(31)8-5-14-21(16,18)4/h22,24H,11-12,14-20H2,1-10H3;16,18,32-33H,5-6,8-14H2,1-4H3/t22?,24-,26-,27+;16?,18-,20-,21+/m11/s1/i2*1D3,2D3. The number of hydrogen-bond donors (Lipinski definition) is 2. The lowest BCUT2D eigenvalue weighted by Gasteiger charge is -2.48. The Morgan fingerprint density at radius 1 is 0.581 bits per heavy atom. The van der Waals surface area contributed by atoms with Crippen LogP contribution >= 0.6 is 0 Å². The van der Waals surface area contributed by atoms with Crippen molar-refractivity contribution in [2.45, 2.75) is 257 Å². The van der Waals surface area contributed by atoms with Crippen molar-refractivity contribution in [1.29, 1.82) is 0 Å². The van der Waals surface area contributed by atoms with Crippen LogP contribution in [0.25, 0.3) is 0 Å². The molecule has 4 aliphatic rings. The molecule has 74 heavy (non-hydrogen) atoms. The number of hydrogen-bond acceptors (Lipinski definition) is 6. The molecule has 0 spiro atoms. The number of ketones is 2. The molecule has 4 fully saturated rings. The van der Waals surface area contributed by atoms with Crippen LogP contribution in [0, 0.1) is 69.0 Å². The van der Waals surface area contributed by atoms with Crippen molar-refractivity contribution in [3.8, 4) is 23.7 Å². The summed E-state index contributed by atoms with van der Waals surface area (Å²) in [4.78, 5) is 25.5. The van der Waals surface area contributed by atoms with Crippen molar-refractivity contribution in [2.75, 3.05) is 0 Å². The van der Waals surface area contributed by atoms with Crippen molar-refractivity contribution in [2.24, 2.45) is 45.3 Å². The van der Waals surface area contributed by atoms with Gasteiger partial charge in [-0.05, 0) is 189 Å². The van der Waals surface area contributed by atoms with Gasteiger partial charge in [0.15, 0.2) is 16.6 Å². The van der Waals surface area contributed by atoms with Crippen molar-refractivity contribution in [1.82, 2.24) is 0 Å². The molecule has 0 amide bonds. The van der Waals surface area contributed by atoms with Gasteiger partial charge in [-0.25, -0.2) is 0 Å². The third kappa shape index (κ3) is 15.6. The first-order chi connectivity index (χ1) is 38.0. The molecule has 0 aromatic carbocycles. The molecule has 4 saturated carbocycles. The van der Waals surface area contributed by atoms with Crippen LogP contribution in [0.3, 0.4) is 0 Å². The number of halogens is 12. The van der Waals surface area contributed by atoms with Crippen LogP contribution < -0.4 is 0 Å². The zero-order valence-corrected chi connectivity index (χ0v) is 46.1. The molecule has 8 atom stereocenters. The van der Waals surface area contributed by atoms with E-state index in [2.05, 4.69) is 5.92 Å². The summed E-state index contributed by atoms with van der Waals surface area (Å²) in [5.74, 6) is 5.13. The highest BCUT2D eigenvalue weighted by Gasteiger charge is 2.73. The Morgan fingerprint density at radius 2 is 0.973 bits per heavy atom. The molecule has 0 heterocycles. The number of rotatable bonds is 16. The molecular formula is C54H84F12O6Si2. The molecule has 2 unspecified atom stereocenters. The van der Waals surface area contributed by atoms with Gasteiger partial charge in [0.1, 0.15) is 11.6 Å². The van der Waals surface area contributed by atoms with Gasteiger partial charge in [-0.1, -0.05) is 52.4 Å². The lowest BCUT2D eigenvalue weighted by Crippen LogP contribution is -2.61. The van der Waals surface area contributed by atoms with Crippen molar-refractivity contribution < 1.29 is 97.8 Å². The zero-order chi connectivity index (χ0) is 67.4. The monoisotopic (exact) mass is 1120 g/mol. The maximum absolute atomic E-state index is 14.3. The Bertz CT molecular complexity index is 2460. The largest absolute Gasteiger partial charge is 0.438 e. The molecule has 0 bridgehead atoms. The van der Waals surface area contributed by atoms with E-state index in [4.69, 9.17) is 25.3 Å². The van der Waals surface area contributed by atoms with Crippen LogP contribution in [0.1, 0.15) is 187 Å². The quantitative estimate of drug-likeness (QED) is 0.0909. The van der Waals surface area contributed by atoms with Crippen LogP contribution in [0.15, 0.2) is 0 Å². The van der Waals surface area contributed by atoms with Gasteiger partial charge in [0.2, 0.25) is 0 Å². The maximum Gasteiger partial charge on any atom is 0.438 e. The minimum absolute atomic E-state index is 0.0161. The average molecular weight is 1130 g/mol. The molecule has 2 N–H and O–H groups in total. The fourth-order valence-corrected chi connectivity index (χ4v) is 15.3. The van der Waals surface area contributed by atoms with Crippen LogP contribution in [0.5, 0.6) is 0 Å². The van der Waals surface area contributed by atoms with Gasteiger partial charge in [-0.15, -0.1) is 0 Å². The molecule has 4 aliphatic carbocycles. The van der Waals surface area contributed by atoms with Crippen LogP contribution in [0.4, 0.5) is 52.7 Å². The summed E-state index contributed by atoms with van der Waals surface area (Å²) in [6.45, 7) is 2.85. The SMILES string of the molecule is [2H]C([2H])([2H])C(CCC[C@](C)(CC#CC(O[Si](C)(C)C)(C(F)(F)F)C(F)(F)F)[C@H]1CCC2C(=O)CCC[C@@]21C)(O[Si](C)(C)C)C([2H])([2H])[2H].[2H]C([2H])([2H])C(O)(CCC[C@](C)(CC#CC(O)(C(F)(F)F)C(F)(F)F)[C@H]1CCC2C(=O)CCC[C@@]21C)C([2H])([2H])[2H]. The third-order valence-corrected chi connectivity index (χ3v) is 17.9. The van der Waals surface area contributed by atoms with Gasteiger partial charge >= 0.3 is 35.9 Å². The van der Waals surface area contributed by atoms with Crippen molar-refractivity contribution >= 4 is 28.2 Å². The van der Waals surface area contributed by atoms with Gasteiger partial charge in [0, 0.05) is 54.0 Å². The lowest BCUT2D eigenvalue weighted by molar-refractivity contribution is -0.343. The molecule has 0 saturated heterocycles. The second kappa shape index (κ2) is 22.6. The Labute approximate surface area is 451 Å². The van der Waals surface area contributed by atoms with E-state index in [-0.39, 0.29) is 55.0 Å². The molecule has 0 aliphatic heterocycles. The number of carbonyl (C=O) groups excluding carboxylic acids is 2. The zero-order valence-electron chi connectivity index (χ0n) is 56.1. The maximum atomic E-state index is 14.3. The highest BCUT2D eigenvalue weighted by molar-refractivity contribution is 6.70. The Hall–Kier alpha value is -2.11. The minimum Gasteiger partial charge on any atom is -0.413 e. The van der Waals surface area contributed by atoms with E-state index in [1.54, 1.807) is 33.5 Å². The molecule has 20 heteroatoms. The van der Waals surface area contributed by atoms with E-state index in [9.17, 15) is 72.5 Å². The van der Waals surface area contributed by atoms with Crippen LogP contribution in [-0.4, -0.2) is 85.5 Å². The Balaban J connectivity index is 0.000000458. The summed E-state index contributed by atoms with van der Waals surface area (Å²) in [5, 5.41) is 20.1. The van der Waals surface area contributed by atoms with Gasteiger partial charge in [0.05, 0.1) is 11.2 Å². The Morgan fingerprint density at radius 3 is 1.32 bits per heavy atom. The van der Waals surface area contributed by atoms with Gasteiger partial charge < -0.3 is 19.1 Å². The summed E-state index contributed by atoms with van der Waals surface area (Å²) >= 11 is 0. The second-order valence-corrected chi connectivity index (χ2v) is 33.3. The van der Waals surface area contributed by atoms with E-state index in [1.807, 2.05) is 19.8 Å². The van der Waals surface area contributed by atoms with E-state index in [0.29, 0.717) is 64.2 Å². The first-order valence-corrected chi connectivity index (χ1v) is 31.9. The Kier molecular flexibility index (Phi) is 14.9. The van der Waals surface area contributed by atoms with Gasteiger partial charge in [0.25, 0.3) is 0 Å². The highest BCUT2D eigenvalue weighted by Crippen LogP contribution is 2.63. The fourth-order valence-electron chi connectivity index (χ4n) is 12.9. The summed E-state index contributed by atoms with van der Waals surface area (Å²) < 4.78 is 270. The normalized spacial score (nSPS) is 30.4. The first-order valence-electron chi connectivity index (χ1n) is 31.1. The fraction of sp³-hybridized carbons (Fsp3) is 0.889. The van der Waals surface area contributed by atoms with Gasteiger partial charge in [-0.2, -0.15) is 52.7 Å². The van der Waals surface area contributed by atoms with Crippen LogP contribution in [0.2, 0.25) is 39.3 Å². The van der Waals surface area contributed by atoms with Crippen molar-refractivity contribution in [3.05, 3.63) is 0 Å². The highest BCUT2D eigenvalue weighted by atomic mass is 28.4. The van der Waals surface area contributed by atoms with Crippen LogP contribution in [-0.2, 0) is 18.4 Å². The van der Waals surface area contributed by atoms with E-state index >= 15 is 0 Å². The number of aliphatic hydroxyl groups is 2. The number of alkyl halides is 12. The first kappa shape index (κ1) is 49.0. The predicted molar refractivity (Wildman–Crippen MR) is 266 cm³/mol.